The molecule has 1 aromatic carbocycles. The van der Waals surface area contributed by atoms with Gasteiger partial charge in [0.2, 0.25) is 5.91 Å². The third-order valence-electron chi connectivity index (χ3n) is 6.01. The van der Waals surface area contributed by atoms with Gasteiger partial charge in [0.25, 0.3) is 0 Å². The summed E-state index contributed by atoms with van der Waals surface area (Å²) in [6.07, 6.45) is 4.64. The predicted molar refractivity (Wildman–Crippen MR) is 102 cm³/mol. The molecule has 0 fully saturated rings. The standard InChI is InChI=1S/C21H26FN3O/c1-4-13(5-2)23-21(26)12-9-15-14-7-6-8-17-19(14)16(20(22)24-17)10-18(15)25(3)11-12/h6-9,12-13,18,24H,4-5,10-11H2,1-3H3,(H,23,26)/t12-,18-/m1/s1. The number of carbonyl (C=O) groups excluding carboxylic acids is 1. The summed E-state index contributed by atoms with van der Waals surface area (Å²) in [5.74, 6) is -0.310. The molecule has 2 N–H and O–H groups in total. The third-order valence-corrected chi connectivity index (χ3v) is 6.01. The molecule has 4 rings (SSSR count). The molecule has 0 radical (unpaired) electrons. The van der Waals surface area contributed by atoms with Crippen molar-refractivity contribution in [3.05, 3.63) is 41.3 Å². The maximum Gasteiger partial charge on any atom is 0.228 e. The summed E-state index contributed by atoms with van der Waals surface area (Å²) in [5, 5.41) is 4.15. The van der Waals surface area contributed by atoms with Crippen LogP contribution in [0, 0.1) is 11.9 Å². The lowest BCUT2D eigenvalue weighted by atomic mass is 9.79. The molecule has 2 aliphatic rings. The molecule has 138 valence electrons. The van der Waals surface area contributed by atoms with Crippen molar-refractivity contribution >= 4 is 22.4 Å². The van der Waals surface area contributed by atoms with E-state index in [0.717, 1.165) is 40.4 Å². The molecule has 1 amide bonds. The number of nitrogens with one attached hydrogen (secondary N) is 2. The number of amides is 1. The average molecular weight is 355 g/mol. The Labute approximate surface area is 153 Å². The largest absolute Gasteiger partial charge is 0.353 e. The molecule has 5 heteroatoms. The van der Waals surface area contributed by atoms with Crippen LogP contribution in [0.4, 0.5) is 4.39 Å². The van der Waals surface area contributed by atoms with Crippen LogP contribution < -0.4 is 5.32 Å². The van der Waals surface area contributed by atoms with E-state index in [4.69, 9.17) is 0 Å². The molecule has 2 heterocycles. The van der Waals surface area contributed by atoms with Gasteiger partial charge in [-0.15, -0.1) is 0 Å². The first-order valence-corrected chi connectivity index (χ1v) is 9.55. The van der Waals surface area contributed by atoms with Gasteiger partial charge >= 0.3 is 0 Å². The van der Waals surface area contributed by atoms with Crippen LogP contribution >= 0.6 is 0 Å². The lowest BCUT2D eigenvalue weighted by molar-refractivity contribution is -0.125. The van der Waals surface area contributed by atoms with Gasteiger partial charge in [-0.05, 0) is 43.5 Å². The molecule has 1 aliphatic carbocycles. The summed E-state index contributed by atoms with van der Waals surface area (Å²) in [4.78, 5) is 17.9. The Morgan fingerprint density at radius 1 is 1.38 bits per heavy atom. The molecule has 0 saturated carbocycles. The lowest BCUT2D eigenvalue weighted by Gasteiger charge is -2.39. The number of aromatic amines is 1. The van der Waals surface area contributed by atoms with E-state index in [1.165, 1.54) is 0 Å². The number of halogens is 1. The van der Waals surface area contributed by atoms with E-state index in [9.17, 15) is 9.18 Å². The first kappa shape index (κ1) is 17.3. The second-order valence-electron chi connectivity index (χ2n) is 7.56. The number of aromatic nitrogens is 1. The molecule has 0 bridgehead atoms. The zero-order valence-electron chi connectivity index (χ0n) is 15.6. The topological polar surface area (TPSA) is 48.1 Å². The van der Waals surface area contributed by atoms with E-state index in [0.29, 0.717) is 13.0 Å². The van der Waals surface area contributed by atoms with Crippen LogP contribution in [0.1, 0.15) is 37.8 Å². The molecule has 26 heavy (non-hydrogen) atoms. The highest BCUT2D eigenvalue weighted by Crippen LogP contribution is 2.41. The van der Waals surface area contributed by atoms with Crippen LogP contribution in [0.5, 0.6) is 0 Å². The zero-order chi connectivity index (χ0) is 18.4. The molecule has 4 nitrogen and oxygen atoms in total. The Kier molecular flexibility index (Phi) is 4.35. The molecule has 1 aromatic heterocycles. The van der Waals surface area contributed by atoms with Gasteiger partial charge in [-0.2, -0.15) is 4.39 Å². The van der Waals surface area contributed by atoms with Crippen molar-refractivity contribution in [2.24, 2.45) is 5.92 Å². The van der Waals surface area contributed by atoms with E-state index in [2.05, 4.69) is 35.1 Å². The van der Waals surface area contributed by atoms with Gasteiger partial charge in [-0.25, -0.2) is 0 Å². The number of fused-ring (bicyclic) bond motifs is 2. The van der Waals surface area contributed by atoms with Crippen molar-refractivity contribution in [3.8, 4) is 0 Å². The molecular formula is C21H26FN3O. The summed E-state index contributed by atoms with van der Waals surface area (Å²) in [7, 11) is 2.03. The fraction of sp³-hybridized carbons (Fsp3) is 0.476. The van der Waals surface area contributed by atoms with Crippen LogP contribution in [0.2, 0.25) is 0 Å². The molecule has 1 aliphatic heterocycles. The number of H-pyrrole nitrogens is 1. The third kappa shape index (κ3) is 2.65. The number of hydrogen-bond donors (Lipinski definition) is 2. The summed E-state index contributed by atoms with van der Waals surface area (Å²) in [6, 6.07) is 6.26. The van der Waals surface area contributed by atoms with Crippen LogP contribution in [0.3, 0.4) is 0 Å². The first-order valence-electron chi connectivity index (χ1n) is 9.55. The van der Waals surface area contributed by atoms with Gasteiger partial charge in [0.05, 0.1) is 5.92 Å². The summed E-state index contributed by atoms with van der Waals surface area (Å²) < 4.78 is 14.4. The van der Waals surface area contributed by atoms with E-state index in [1.807, 2.05) is 25.2 Å². The smallest absolute Gasteiger partial charge is 0.228 e. The van der Waals surface area contributed by atoms with Gasteiger partial charge in [-0.3, -0.25) is 9.69 Å². The number of nitrogens with zero attached hydrogens (tertiary/aromatic N) is 1. The second kappa shape index (κ2) is 6.54. The highest BCUT2D eigenvalue weighted by Gasteiger charge is 2.37. The van der Waals surface area contributed by atoms with E-state index < -0.39 is 0 Å². The van der Waals surface area contributed by atoms with Crippen molar-refractivity contribution in [3.63, 3.8) is 0 Å². The molecule has 2 atom stereocenters. The second-order valence-corrected chi connectivity index (χ2v) is 7.56. The number of rotatable bonds is 4. The van der Waals surface area contributed by atoms with E-state index in [-0.39, 0.29) is 29.9 Å². The molecule has 2 aromatic rings. The van der Waals surface area contributed by atoms with Crippen molar-refractivity contribution in [2.45, 2.75) is 45.2 Å². The highest BCUT2D eigenvalue weighted by molar-refractivity contribution is 5.99. The minimum Gasteiger partial charge on any atom is -0.353 e. The number of likely N-dealkylation sites (N-methyl/N-ethyl adjacent to an activating group) is 1. The van der Waals surface area contributed by atoms with Gasteiger partial charge < -0.3 is 10.3 Å². The quantitative estimate of drug-likeness (QED) is 0.882. The molecular weight excluding hydrogens is 329 g/mol. The van der Waals surface area contributed by atoms with Gasteiger partial charge in [-0.1, -0.05) is 32.1 Å². The first-order chi connectivity index (χ1) is 12.5. The Morgan fingerprint density at radius 2 is 2.15 bits per heavy atom. The van der Waals surface area contributed by atoms with Gasteiger partial charge in [0.1, 0.15) is 0 Å². The van der Waals surface area contributed by atoms with Crippen molar-refractivity contribution in [1.29, 1.82) is 0 Å². The van der Waals surface area contributed by atoms with E-state index in [1.54, 1.807) is 0 Å². The summed E-state index contributed by atoms with van der Waals surface area (Å²) >= 11 is 0. The number of benzene rings is 1. The lowest BCUT2D eigenvalue weighted by Crippen LogP contribution is -2.48. The molecule has 0 spiro atoms. The predicted octanol–water partition coefficient (Wildman–Crippen LogP) is 3.48. The van der Waals surface area contributed by atoms with Crippen LogP contribution in [0.25, 0.3) is 16.5 Å². The van der Waals surface area contributed by atoms with Crippen LogP contribution in [-0.4, -0.2) is 41.5 Å². The maximum absolute atomic E-state index is 14.4. The van der Waals surface area contributed by atoms with Gasteiger partial charge in [0.15, 0.2) is 5.95 Å². The fourth-order valence-electron chi connectivity index (χ4n) is 4.46. The molecule has 0 saturated heterocycles. The Balaban J connectivity index is 1.74. The van der Waals surface area contributed by atoms with Gasteiger partial charge in [0, 0.05) is 35.1 Å². The normalized spacial score (nSPS) is 22.4. The fourth-order valence-corrected chi connectivity index (χ4v) is 4.46. The number of carbonyl (C=O) groups is 1. The van der Waals surface area contributed by atoms with E-state index >= 15 is 0 Å². The molecule has 0 unspecified atom stereocenters. The maximum atomic E-state index is 14.4. The van der Waals surface area contributed by atoms with Crippen molar-refractivity contribution < 1.29 is 9.18 Å². The summed E-state index contributed by atoms with van der Waals surface area (Å²) in [6.45, 7) is 4.86. The Hall–Kier alpha value is -2.14. The minimum absolute atomic E-state index is 0.0923. The summed E-state index contributed by atoms with van der Waals surface area (Å²) in [5.41, 5.74) is 3.81. The monoisotopic (exact) mass is 355 g/mol. The minimum atomic E-state index is -0.228. The highest BCUT2D eigenvalue weighted by atomic mass is 19.1. The van der Waals surface area contributed by atoms with Crippen LogP contribution in [-0.2, 0) is 11.2 Å². The average Bonchev–Trinajstić information content (AvgIpc) is 2.97. The number of hydrogen-bond acceptors (Lipinski definition) is 2. The van der Waals surface area contributed by atoms with Crippen molar-refractivity contribution in [1.82, 2.24) is 15.2 Å². The Bertz CT molecular complexity index is 881. The Morgan fingerprint density at radius 3 is 2.88 bits per heavy atom. The SMILES string of the molecule is CCC(CC)NC(=O)[C@@H]1C=C2c3cccc4[nH]c(F)c(c34)C[C@H]2N(C)C1. The van der Waals surface area contributed by atoms with Crippen LogP contribution in [0.15, 0.2) is 24.3 Å². The zero-order valence-corrected chi connectivity index (χ0v) is 15.6. The van der Waals surface area contributed by atoms with Crippen molar-refractivity contribution in [2.75, 3.05) is 13.6 Å².